The number of hydrogen-bond acceptors (Lipinski definition) is 3. The van der Waals surface area contributed by atoms with Crippen molar-refractivity contribution in [2.45, 2.75) is 57.6 Å². The van der Waals surface area contributed by atoms with Gasteiger partial charge in [0.2, 0.25) is 5.91 Å². The first-order valence-corrected chi connectivity index (χ1v) is 7.37. The van der Waals surface area contributed by atoms with Crippen LogP contribution in [-0.4, -0.2) is 37.7 Å². The molecule has 0 aromatic rings. The Bertz CT molecular complexity index is 259. The Hall–Kier alpha value is -0.610. The Labute approximate surface area is 110 Å². The SMILES string of the molecule is CC(NC(=O)CC1CCCCO1)C1CCNCC1. The highest BCUT2D eigenvalue weighted by molar-refractivity contribution is 5.76. The third-order valence-electron chi connectivity index (χ3n) is 4.17. The largest absolute Gasteiger partial charge is 0.378 e. The van der Waals surface area contributed by atoms with Crippen LogP contribution in [-0.2, 0) is 9.53 Å². The maximum atomic E-state index is 12.0. The summed E-state index contributed by atoms with van der Waals surface area (Å²) in [5.74, 6) is 0.787. The smallest absolute Gasteiger partial charge is 0.222 e. The standard InChI is InChI=1S/C14H26N2O2/c1-11(12-5-7-15-8-6-12)16-14(17)10-13-4-2-3-9-18-13/h11-13,15H,2-10H2,1H3,(H,16,17). The monoisotopic (exact) mass is 254 g/mol. The molecule has 2 heterocycles. The Morgan fingerprint density at radius 2 is 2.11 bits per heavy atom. The fourth-order valence-electron chi connectivity index (χ4n) is 2.95. The lowest BCUT2D eigenvalue weighted by molar-refractivity contribution is -0.125. The molecule has 0 aromatic carbocycles. The molecule has 2 rings (SSSR count). The fraction of sp³-hybridized carbons (Fsp3) is 0.929. The quantitative estimate of drug-likeness (QED) is 0.798. The Morgan fingerprint density at radius 1 is 1.33 bits per heavy atom. The summed E-state index contributed by atoms with van der Waals surface area (Å²) in [6.07, 6.45) is 6.40. The van der Waals surface area contributed by atoms with Crippen LogP contribution in [0.5, 0.6) is 0 Å². The zero-order chi connectivity index (χ0) is 12.8. The molecule has 2 fully saturated rings. The zero-order valence-corrected chi connectivity index (χ0v) is 11.4. The van der Waals surface area contributed by atoms with Crippen LogP contribution < -0.4 is 10.6 Å². The average molecular weight is 254 g/mol. The van der Waals surface area contributed by atoms with Crippen LogP contribution in [0.15, 0.2) is 0 Å². The van der Waals surface area contributed by atoms with Crippen LogP contribution in [0, 0.1) is 5.92 Å². The molecule has 0 radical (unpaired) electrons. The summed E-state index contributed by atoms with van der Waals surface area (Å²) in [4.78, 5) is 12.0. The number of rotatable bonds is 4. The lowest BCUT2D eigenvalue weighted by Crippen LogP contribution is -2.43. The molecule has 2 aliphatic heterocycles. The minimum Gasteiger partial charge on any atom is -0.378 e. The fourth-order valence-corrected chi connectivity index (χ4v) is 2.95. The second-order valence-corrected chi connectivity index (χ2v) is 5.64. The first-order chi connectivity index (χ1) is 8.75. The molecule has 1 amide bonds. The van der Waals surface area contributed by atoms with Gasteiger partial charge in [-0.1, -0.05) is 0 Å². The molecule has 2 aliphatic rings. The highest BCUT2D eigenvalue weighted by Crippen LogP contribution is 2.18. The normalized spacial score (nSPS) is 27.7. The molecule has 4 heteroatoms. The van der Waals surface area contributed by atoms with E-state index in [1.807, 2.05) is 0 Å². The van der Waals surface area contributed by atoms with E-state index in [2.05, 4.69) is 17.6 Å². The van der Waals surface area contributed by atoms with E-state index in [0.717, 1.165) is 32.5 Å². The van der Waals surface area contributed by atoms with Crippen molar-refractivity contribution in [3.63, 3.8) is 0 Å². The number of carbonyl (C=O) groups excluding carboxylic acids is 1. The van der Waals surface area contributed by atoms with Crippen molar-refractivity contribution < 1.29 is 9.53 Å². The average Bonchev–Trinajstić information content (AvgIpc) is 2.40. The van der Waals surface area contributed by atoms with Crippen LogP contribution in [0.4, 0.5) is 0 Å². The van der Waals surface area contributed by atoms with Gasteiger partial charge in [0.15, 0.2) is 0 Å². The number of carbonyl (C=O) groups is 1. The first kappa shape index (κ1) is 13.8. The first-order valence-electron chi connectivity index (χ1n) is 7.37. The highest BCUT2D eigenvalue weighted by atomic mass is 16.5. The molecular weight excluding hydrogens is 228 g/mol. The van der Waals surface area contributed by atoms with E-state index in [1.54, 1.807) is 0 Å². The summed E-state index contributed by atoms with van der Waals surface area (Å²) in [6.45, 7) is 5.12. The van der Waals surface area contributed by atoms with Gasteiger partial charge in [-0.25, -0.2) is 0 Å². The van der Waals surface area contributed by atoms with Gasteiger partial charge in [0.05, 0.1) is 12.5 Å². The second kappa shape index (κ2) is 7.10. The molecule has 0 aliphatic carbocycles. The van der Waals surface area contributed by atoms with Crippen LogP contribution in [0.2, 0.25) is 0 Å². The Morgan fingerprint density at radius 3 is 2.78 bits per heavy atom. The molecule has 2 unspecified atom stereocenters. The second-order valence-electron chi connectivity index (χ2n) is 5.64. The van der Waals surface area contributed by atoms with E-state index in [4.69, 9.17) is 4.74 Å². The van der Waals surface area contributed by atoms with Gasteiger partial charge in [0.25, 0.3) is 0 Å². The van der Waals surface area contributed by atoms with Crippen LogP contribution >= 0.6 is 0 Å². The van der Waals surface area contributed by atoms with Crippen molar-refractivity contribution >= 4 is 5.91 Å². The molecule has 0 aromatic heterocycles. The summed E-state index contributed by atoms with van der Waals surface area (Å²) in [7, 11) is 0. The van der Waals surface area contributed by atoms with Crippen molar-refractivity contribution in [2.24, 2.45) is 5.92 Å². The minimum absolute atomic E-state index is 0.152. The van der Waals surface area contributed by atoms with Crippen molar-refractivity contribution in [1.29, 1.82) is 0 Å². The zero-order valence-electron chi connectivity index (χ0n) is 11.4. The molecule has 2 N–H and O–H groups in total. The summed E-state index contributed by atoms with van der Waals surface area (Å²) >= 11 is 0. The summed E-state index contributed by atoms with van der Waals surface area (Å²) in [5.41, 5.74) is 0. The Kier molecular flexibility index (Phi) is 5.45. The van der Waals surface area contributed by atoms with Gasteiger partial charge >= 0.3 is 0 Å². The highest BCUT2D eigenvalue weighted by Gasteiger charge is 2.23. The summed E-state index contributed by atoms with van der Waals surface area (Å²) < 4.78 is 5.60. The van der Waals surface area contributed by atoms with E-state index >= 15 is 0 Å². The Balaban J connectivity index is 1.68. The summed E-state index contributed by atoms with van der Waals surface area (Å²) in [6, 6.07) is 0.295. The molecule has 18 heavy (non-hydrogen) atoms. The van der Waals surface area contributed by atoms with Crippen LogP contribution in [0.1, 0.15) is 45.4 Å². The number of nitrogens with one attached hydrogen (secondary N) is 2. The number of amides is 1. The predicted octanol–water partition coefficient (Wildman–Crippen LogP) is 1.45. The molecule has 2 atom stereocenters. The number of piperidine rings is 1. The van der Waals surface area contributed by atoms with Crippen LogP contribution in [0.3, 0.4) is 0 Å². The third-order valence-corrected chi connectivity index (χ3v) is 4.17. The van der Waals surface area contributed by atoms with Crippen molar-refractivity contribution in [3.8, 4) is 0 Å². The lowest BCUT2D eigenvalue weighted by Gasteiger charge is -2.29. The molecular formula is C14H26N2O2. The molecule has 4 nitrogen and oxygen atoms in total. The van der Waals surface area contributed by atoms with E-state index in [9.17, 15) is 4.79 Å². The van der Waals surface area contributed by atoms with E-state index in [0.29, 0.717) is 18.4 Å². The van der Waals surface area contributed by atoms with E-state index in [-0.39, 0.29) is 12.0 Å². The summed E-state index contributed by atoms with van der Waals surface area (Å²) in [5, 5.41) is 6.51. The van der Waals surface area contributed by atoms with Crippen molar-refractivity contribution in [1.82, 2.24) is 10.6 Å². The predicted molar refractivity (Wildman–Crippen MR) is 71.4 cm³/mol. The van der Waals surface area contributed by atoms with Gasteiger partial charge in [-0.2, -0.15) is 0 Å². The lowest BCUT2D eigenvalue weighted by atomic mass is 9.91. The van der Waals surface area contributed by atoms with Gasteiger partial charge < -0.3 is 15.4 Å². The molecule has 104 valence electrons. The number of ether oxygens (including phenoxy) is 1. The van der Waals surface area contributed by atoms with E-state index in [1.165, 1.54) is 19.3 Å². The van der Waals surface area contributed by atoms with Crippen LogP contribution in [0.25, 0.3) is 0 Å². The molecule has 0 spiro atoms. The molecule has 0 saturated carbocycles. The maximum Gasteiger partial charge on any atom is 0.222 e. The van der Waals surface area contributed by atoms with Crippen molar-refractivity contribution in [3.05, 3.63) is 0 Å². The van der Waals surface area contributed by atoms with Crippen molar-refractivity contribution in [2.75, 3.05) is 19.7 Å². The minimum atomic E-state index is 0.152. The maximum absolute atomic E-state index is 12.0. The molecule has 0 bridgehead atoms. The van der Waals surface area contributed by atoms with Gasteiger partial charge in [-0.15, -0.1) is 0 Å². The van der Waals surface area contributed by atoms with Gasteiger partial charge in [-0.3, -0.25) is 4.79 Å². The van der Waals surface area contributed by atoms with E-state index < -0.39 is 0 Å². The van der Waals surface area contributed by atoms with Gasteiger partial charge in [-0.05, 0) is 58.0 Å². The number of hydrogen-bond donors (Lipinski definition) is 2. The third kappa shape index (κ3) is 4.25. The molecule has 2 saturated heterocycles. The topological polar surface area (TPSA) is 50.4 Å². The van der Waals surface area contributed by atoms with Gasteiger partial charge in [0.1, 0.15) is 0 Å². The van der Waals surface area contributed by atoms with Gasteiger partial charge in [0, 0.05) is 12.6 Å².